The average molecular weight is 595 g/mol. The van der Waals surface area contributed by atoms with Crippen LogP contribution in [0.15, 0.2) is 76.0 Å². The molecule has 0 amide bonds. The molecule has 2 heterocycles. The third-order valence-corrected chi connectivity index (χ3v) is 6.64. The highest BCUT2D eigenvalue weighted by Gasteiger charge is 2.46. The molecule has 43 heavy (non-hydrogen) atoms. The minimum atomic E-state index is -1.90. The van der Waals surface area contributed by atoms with Gasteiger partial charge in [-0.1, -0.05) is 12.1 Å². The molecule has 1 fully saturated rings. The Morgan fingerprint density at radius 1 is 0.837 bits per heavy atom. The summed E-state index contributed by atoms with van der Waals surface area (Å²) in [6.45, 7) is -0.583. The van der Waals surface area contributed by atoms with Crippen molar-refractivity contribution in [3.05, 3.63) is 82.5 Å². The monoisotopic (exact) mass is 594 g/mol. The van der Waals surface area contributed by atoms with Gasteiger partial charge in [0.1, 0.15) is 65.0 Å². The summed E-state index contributed by atoms with van der Waals surface area (Å²) in [7, 11) is 0. The second kappa shape index (κ2) is 12.0. The lowest BCUT2D eigenvalue weighted by Crippen LogP contribution is -2.60. The van der Waals surface area contributed by atoms with Crippen molar-refractivity contribution in [1.82, 2.24) is 0 Å². The summed E-state index contributed by atoms with van der Waals surface area (Å²) in [5.41, 5.74) is -0.328. The van der Waals surface area contributed by atoms with Gasteiger partial charge in [-0.3, -0.25) is 4.79 Å². The largest absolute Gasteiger partial charge is 0.508 e. The van der Waals surface area contributed by atoms with Crippen LogP contribution in [0.25, 0.3) is 28.4 Å². The van der Waals surface area contributed by atoms with Crippen molar-refractivity contribution in [3.63, 3.8) is 0 Å². The molecule has 5 unspecified atom stereocenters. The van der Waals surface area contributed by atoms with E-state index < -0.39 is 66.0 Å². The molecule has 5 atom stereocenters. The Bertz CT molecular complexity index is 1710. The molecule has 1 aliphatic heterocycles. The lowest BCUT2D eigenvalue weighted by Gasteiger charge is -2.39. The number of carbonyl (C=O) groups is 1. The van der Waals surface area contributed by atoms with Gasteiger partial charge in [-0.15, -0.1) is 0 Å². The number of esters is 1. The number of aliphatic hydroxyl groups is 3. The zero-order valence-corrected chi connectivity index (χ0v) is 22.1. The number of phenols is 4. The van der Waals surface area contributed by atoms with Crippen LogP contribution in [0.1, 0.15) is 5.56 Å². The van der Waals surface area contributed by atoms with Crippen LogP contribution in [0.5, 0.6) is 28.7 Å². The number of aliphatic hydroxyl groups excluding tert-OH is 3. The highest BCUT2D eigenvalue weighted by molar-refractivity contribution is 5.88. The number of benzene rings is 3. The van der Waals surface area contributed by atoms with Gasteiger partial charge in [0.2, 0.25) is 17.5 Å². The fraction of sp³-hybridized carbons (Fsp3) is 0.200. The first-order valence-electron chi connectivity index (χ1n) is 12.8. The van der Waals surface area contributed by atoms with Crippen LogP contribution in [0, 0.1) is 0 Å². The topological polar surface area (TPSA) is 217 Å². The lowest BCUT2D eigenvalue weighted by atomic mass is 9.99. The zero-order chi connectivity index (χ0) is 30.8. The van der Waals surface area contributed by atoms with Crippen molar-refractivity contribution in [2.24, 2.45) is 0 Å². The smallest absolute Gasteiger partial charge is 0.330 e. The third-order valence-electron chi connectivity index (χ3n) is 6.64. The number of hydrogen-bond donors (Lipinski definition) is 7. The quantitative estimate of drug-likeness (QED) is 0.120. The van der Waals surface area contributed by atoms with E-state index in [2.05, 4.69) is 0 Å². The maximum atomic E-state index is 13.5. The first-order chi connectivity index (χ1) is 20.5. The number of aromatic hydroxyl groups is 4. The van der Waals surface area contributed by atoms with Gasteiger partial charge in [0, 0.05) is 23.8 Å². The molecule has 0 aliphatic carbocycles. The molecular weight excluding hydrogens is 568 g/mol. The molecule has 1 aliphatic rings. The van der Waals surface area contributed by atoms with Crippen molar-refractivity contribution in [3.8, 4) is 40.1 Å². The molecule has 1 saturated heterocycles. The molecule has 13 heteroatoms. The Balaban J connectivity index is 1.42. The fourth-order valence-corrected chi connectivity index (χ4v) is 4.41. The van der Waals surface area contributed by atoms with E-state index >= 15 is 0 Å². The van der Waals surface area contributed by atoms with Gasteiger partial charge >= 0.3 is 5.97 Å². The zero-order valence-electron chi connectivity index (χ0n) is 22.1. The van der Waals surface area contributed by atoms with Gasteiger partial charge in [-0.2, -0.15) is 0 Å². The van der Waals surface area contributed by atoms with E-state index in [1.807, 2.05) is 0 Å². The van der Waals surface area contributed by atoms with Gasteiger partial charge in [-0.25, -0.2) is 4.79 Å². The molecule has 0 radical (unpaired) electrons. The van der Waals surface area contributed by atoms with E-state index in [0.29, 0.717) is 5.56 Å². The Kier molecular flexibility index (Phi) is 8.23. The van der Waals surface area contributed by atoms with E-state index in [1.54, 1.807) is 12.1 Å². The number of carbonyl (C=O) groups excluding carboxylic acids is 1. The number of phenolic OH excluding ortho intramolecular Hbond substituents is 4. The average Bonchev–Trinajstić information content (AvgIpc) is 2.97. The summed E-state index contributed by atoms with van der Waals surface area (Å²) in [5, 5.41) is 70.6. The van der Waals surface area contributed by atoms with Crippen LogP contribution in [0.3, 0.4) is 0 Å². The Morgan fingerprint density at radius 2 is 1.49 bits per heavy atom. The van der Waals surface area contributed by atoms with E-state index in [4.69, 9.17) is 18.6 Å². The van der Waals surface area contributed by atoms with E-state index in [9.17, 15) is 45.3 Å². The maximum absolute atomic E-state index is 13.5. The summed E-state index contributed by atoms with van der Waals surface area (Å²) >= 11 is 0. The van der Waals surface area contributed by atoms with E-state index in [-0.39, 0.29) is 33.8 Å². The van der Waals surface area contributed by atoms with Crippen molar-refractivity contribution >= 4 is 23.0 Å². The third kappa shape index (κ3) is 6.24. The second-order valence-electron chi connectivity index (χ2n) is 9.66. The number of hydrogen-bond acceptors (Lipinski definition) is 13. The predicted octanol–water partition coefficient (Wildman–Crippen LogP) is 1.73. The van der Waals surface area contributed by atoms with E-state index in [0.717, 1.165) is 18.2 Å². The van der Waals surface area contributed by atoms with Crippen molar-refractivity contribution in [1.29, 1.82) is 0 Å². The lowest BCUT2D eigenvalue weighted by molar-refractivity contribution is -0.278. The minimum Gasteiger partial charge on any atom is -0.508 e. The molecule has 1 aromatic heterocycles. The summed E-state index contributed by atoms with van der Waals surface area (Å²) in [6, 6.07) is 13.4. The van der Waals surface area contributed by atoms with Crippen molar-refractivity contribution in [2.75, 3.05) is 6.61 Å². The maximum Gasteiger partial charge on any atom is 0.330 e. The van der Waals surface area contributed by atoms with Crippen LogP contribution in [0.4, 0.5) is 0 Å². The summed E-state index contributed by atoms with van der Waals surface area (Å²) < 4.78 is 22.2. The molecule has 7 N–H and O–H groups in total. The Hall–Kier alpha value is -5.08. The predicted molar refractivity (Wildman–Crippen MR) is 148 cm³/mol. The van der Waals surface area contributed by atoms with Gasteiger partial charge in [0.25, 0.3) is 0 Å². The SMILES string of the molecule is O=C(C=Cc1ccc(O)cc1)OCC1OC(Oc2c(-c3ccc(O)cc3)oc3cc(O)cc(O)c3c2=O)C(O)C(O)C1O. The van der Waals surface area contributed by atoms with Crippen LogP contribution in [-0.2, 0) is 14.3 Å². The molecule has 0 spiro atoms. The first-order valence-corrected chi connectivity index (χ1v) is 12.8. The minimum absolute atomic E-state index is 0.0495. The van der Waals surface area contributed by atoms with Gasteiger partial charge in [-0.05, 0) is 48.0 Å². The molecule has 0 bridgehead atoms. The molecule has 3 aromatic carbocycles. The molecular formula is C30H26O13. The number of rotatable bonds is 7. The summed E-state index contributed by atoms with van der Waals surface area (Å²) in [4.78, 5) is 25.8. The molecule has 13 nitrogen and oxygen atoms in total. The van der Waals surface area contributed by atoms with Crippen LogP contribution >= 0.6 is 0 Å². The standard InChI is InChI=1S/C30H26O13/c31-16-6-1-14(2-7-16)3-10-22(35)40-13-21-24(36)26(38)27(39)30(42-21)43-29-25(37)23-19(34)11-18(33)12-20(23)41-28(29)15-4-8-17(32)9-5-15/h1-12,21,24,26-27,30-34,36,38-39H,13H2. The summed E-state index contributed by atoms with van der Waals surface area (Å²) in [5.74, 6) is -2.70. The highest BCUT2D eigenvalue weighted by atomic mass is 16.7. The van der Waals surface area contributed by atoms with Crippen molar-refractivity contribution in [2.45, 2.75) is 30.7 Å². The number of fused-ring (bicyclic) bond motifs is 1. The fourth-order valence-electron chi connectivity index (χ4n) is 4.41. The van der Waals surface area contributed by atoms with Gasteiger partial charge < -0.3 is 54.4 Å². The van der Waals surface area contributed by atoms with Crippen LogP contribution in [-0.4, -0.2) is 79.0 Å². The molecule has 5 rings (SSSR count). The van der Waals surface area contributed by atoms with Crippen LogP contribution < -0.4 is 10.2 Å². The molecule has 4 aromatic rings. The van der Waals surface area contributed by atoms with E-state index in [1.165, 1.54) is 42.5 Å². The summed E-state index contributed by atoms with van der Waals surface area (Å²) in [6.07, 6.45) is -6.17. The Morgan fingerprint density at radius 3 is 2.16 bits per heavy atom. The number of ether oxygens (including phenoxy) is 3. The van der Waals surface area contributed by atoms with Crippen LogP contribution in [0.2, 0.25) is 0 Å². The normalized spacial score (nSPS) is 22.1. The van der Waals surface area contributed by atoms with Gasteiger partial charge in [0.05, 0.1) is 0 Å². The second-order valence-corrected chi connectivity index (χ2v) is 9.66. The van der Waals surface area contributed by atoms with Gasteiger partial charge in [0.15, 0.2) is 5.76 Å². The Labute approximate surface area is 242 Å². The molecule has 0 saturated carbocycles. The highest BCUT2D eigenvalue weighted by Crippen LogP contribution is 2.37. The first kappa shape index (κ1) is 29.4. The molecule has 224 valence electrons. The van der Waals surface area contributed by atoms with Crippen molar-refractivity contribution < 1.29 is 59.2 Å².